The number of carbonyl (C=O) groups excluding carboxylic acids is 1. The van der Waals surface area contributed by atoms with Gasteiger partial charge < -0.3 is 4.90 Å². The Morgan fingerprint density at radius 1 is 1.45 bits per heavy atom. The molecule has 0 radical (unpaired) electrons. The summed E-state index contributed by atoms with van der Waals surface area (Å²) in [7, 11) is -3.25. The van der Waals surface area contributed by atoms with E-state index in [-0.39, 0.29) is 11.9 Å². The van der Waals surface area contributed by atoms with E-state index in [9.17, 15) is 13.2 Å². The highest BCUT2D eigenvalue weighted by Crippen LogP contribution is 2.13. The molecule has 2 heterocycles. The minimum Gasteiger partial charge on any atom is -0.336 e. The summed E-state index contributed by atoms with van der Waals surface area (Å²) in [5.74, 6) is -0.145. The fraction of sp³-hybridized carbons (Fsp3) is 0.538. The van der Waals surface area contributed by atoms with Crippen LogP contribution in [0.5, 0.6) is 0 Å². The normalized spacial score (nSPS) is 19.9. The summed E-state index contributed by atoms with van der Waals surface area (Å²) in [5, 5.41) is 0. The second kappa shape index (κ2) is 5.88. The Kier molecular flexibility index (Phi) is 4.39. The highest BCUT2D eigenvalue weighted by Gasteiger charge is 2.26. The Balaban J connectivity index is 2.07. The van der Waals surface area contributed by atoms with E-state index in [4.69, 9.17) is 0 Å². The Bertz CT molecular complexity index is 601. The maximum Gasteiger partial charge on any atom is 0.272 e. The molecule has 1 amide bonds. The van der Waals surface area contributed by atoms with Gasteiger partial charge in [-0.2, -0.15) is 0 Å². The van der Waals surface area contributed by atoms with Crippen LogP contribution in [0.25, 0.3) is 0 Å². The summed E-state index contributed by atoms with van der Waals surface area (Å²) in [6.07, 6.45) is 2.67. The molecule has 1 aliphatic rings. The van der Waals surface area contributed by atoms with Gasteiger partial charge in [-0.25, -0.2) is 18.1 Å². The third-order valence-electron chi connectivity index (χ3n) is 3.20. The highest BCUT2D eigenvalue weighted by molar-refractivity contribution is 7.88. The van der Waals surface area contributed by atoms with Crippen LogP contribution in [0.15, 0.2) is 18.2 Å². The van der Waals surface area contributed by atoms with E-state index in [1.54, 1.807) is 17.0 Å². The number of aromatic nitrogens is 1. The van der Waals surface area contributed by atoms with E-state index >= 15 is 0 Å². The molecule has 0 unspecified atom stereocenters. The number of pyridine rings is 1. The number of nitrogens with zero attached hydrogens (tertiary/aromatic N) is 2. The van der Waals surface area contributed by atoms with Gasteiger partial charge in [-0.15, -0.1) is 0 Å². The second-order valence-electron chi connectivity index (χ2n) is 5.14. The first-order valence-electron chi connectivity index (χ1n) is 6.55. The van der Waals surface area contributed by atoms with Gasteiger partial charge in [0, 0.05) is 24.8 Å². The minimum atomic E-state index is -3.25. The average molecular weight is 297 g/mol. The van der Waals surface area contributed by atoms with Gasteiger partial charge >= 0.3 is 0 Å². The van der Waals surface area contributed by atoms with Gasteiger partial charge in [0.1, 0.15) is 5.69 Å². The van der Waals surface area contributed by atoms with Gasteiger partial charge in [0.05, 0.1) is 6.26 Å². The van der Waals surface area contributed by atoms with Crippen LogP contribution >= 0.6 is 0 Å². The predicted octanol–water partition coefficient (Wildman–Crippen LogP) is 0.544. The van der Waals surface area contributed by atoms with Crippen molar-refractivity contribution in [3.63, 3.8) is 0 Å². The van der Waals surface area contributed by atoms with Gasteiger partial charge in [-0.3, -0.25) is 4.79 Å². The van der Waals surface area contributed by atoms with Crippen LogP contribution in [0.1, 0.15) is 29.0 Å². The summed E-state index contributed by atoms with van der Waals surface area (Å²) >= 11 is 0. The molecular weight excluding hydrogens is 278 g/mol. The molecule has 0 saturated carbocycles. The van der Waals surface area contributed by atoms with E-state index in [1.807, 2.05) is 13.0 Å². The molecule has 7 heteroatoms. The fourth-order valence-electron chi connectivity index (χ4n) is 2.38. The maximum absolute atomic E-state index is 12.3. The lowest BCUT2D eigenvalue weighted by atomic mass is 10.1. The van der Waals surface area contributed by atoms with Crippen molar-refractivity contribution < 1.29 is 13.2 Å². The lowest BCUT2D eigenvalue weighted by Gasteiger charge is -2.32. The molecule has 110 valence electrons. The number of hydrogen-bond donors (Lipinski definition) is 1. The number of piperidine rings is 1. The molecule has 0 bridgehead atoms. The standard InChI is InChI=1S/C13H19N3O3S/c1-10-5-3-7-12(14-10)13(17)16-8-4-6-11(9-16)15-20(2,18)19/h3,5,7,11,15H,4,6,8-9H2,1-2H3/t11-/m1/s1. The van der Waals surface area contributed by atoms with E-state index < -0.39 is 10.0 Å². The number of sulfonamides is 1. The van der Waals surface area contributed by atoms with Crippen molar-refractivity contribution in [1.29, 1.82) is 0 Å². The third-order valence-corrected chi connectivity index (χ3v) is 3.96. The molecular formula is C13H19N3O3S. The smallest absolute Gasteiger partial charge is 0.272 e. The predicted molar refractivity (Wildman–Crippen MR) is 75.9 cm³/mol. The molecule has 0 aliphatic carbocycles. The van der Waals surface area contributed by atoms with Crippen molar-refractivity contribution >= 4 is 15.9 Å². The molecule has 0 aromatic carbocycles. The van der Waals surface area contributed by atoms with Crippen LogP contribution in [0.4, 0.5) is 0 Å². The molecule has 1 N–H and O–H groups in total. The van der Waals surface area contributed by atoms with Crippen LogP contribution in [0.2, 0.25) is 0 Å². The Labute approximate surface area is 119 Å². The third kappa shape index (κ3) is 4.01. The van der Waals surface area contributed by atoms with Crippen molar-refractivity contribution in [3.8, 4) is 0 Å². The fourth-order valence-corrected chi connectivity index (χ4v) is 3.18. The lowest BCUT2D eigenvalue weighted by molar-refractivity contribution is 0.0697. The van der Waals surface area contributed by atoms with Gasteiger partial charge in [-0.1, -0.05) is 6.07 Å². The first kappa shape index (κ1) is 14.9. The molecule has 20 heavy (non-hydrogen) atoms. The number of rotatable bonds is 3. The zero-order chi connectivity index (χ0) is 14.8. The first-order chi connectivity index (χ1) is 9.35. The highest BCUT2D eigenvalue weighted by atomic mass is 32.2. The van der Waals surface area contributed by atoms with Gasteiger partial charge in [0.2, 0.25) is 10.0 Å². The van der Waals surface area contributed by atoms with E-state index in [1.165, 1.54) is 0 Å². The molecule has 1 saturated heterocycles. The molecule has 1 aromatic heterocycles. The largest absolute Gasteiger partial charge is 0.336 e. The van der Waals surface area contributed by atoms with Crippen molar-refractivity contribution in [1.82, 2.24) is 14.6 Å². The molecule has 2 rings (SSSR count). The van der Waals surface area contributed by atoms with Crippen LogP contribution in [0, 0.1) is 6.92 Å². The lowest BCUT2D eigenvalue weighted by Crippen LogP contribution is -2.49. The first-order valence-corrected chi connectivity index (χ1v) is 8.44. The van der Waals surface area contributed by atoms with Crippen molar-refractivity contribution in [2.45, 2.75) is 25.8 Å². The quantitative estimate of drug-likeness (QED) is 0.883. The molecule has 1 atom stereocenters. The molecule has 1 aromatic rings. The second-order valence-corrected chi connectivity index (χ2v) is 6.92. The average Bonchev–Trinajstić information content (AvgIpc) is 2.36. The number of carbonyl (C=O) groups is 1. The number of hydrogen-bond acceptors (Lipinski definition) is 4. The minimum absolute atomic E-state index is 0.145. The van der Waals surface area contributed by atoms with E-state index in [2.05, 4.69) is 9.71 Å². The summed E-state index contributed by atoms with van der Waals surface area (Å²) in [5.41, 5.74) is 1.20. The SMILES string of the molecule is Cc1cccc(C(=O)N2CCC[C@@H](NS(C)(=O)=O)C2)n1. The topological polar surface area (TPSA) is 79.4 Å². The van der Waals surface area contributed by atoms with Crippen LogP contribution < -0.4 is 4.72 Å². The Morgan fingerprint density at radius 3 is 2.85 bits per heavy atom. The van der Waals surface area contributed by atoms with Crippen molar-refractivity contribution in [2.75, 3.05) is 19.3 Å². The zero-order valence-electron chi connectivity index (χ0n) is 11.7. The summed E-state index contributed by atoms with van der Waals surface area (Å²) in [4.78, 5) is 18.2. The van der Waals surface area contributed by atoms with Crippen molar-refractivity contribution in [2.24, 2.45) is 0 Å². The van der Waals surface area contributed by atoms with Crippen LogP contribution in [0.3, 0.4) is 0 Å². The summed E-state index contributed by atoms with van der Waals surface area (Å²) in [6, 6.07) is 5.10. The summed E-state index contributed by atoms with van der Waals surface area (Å²) in [6.45, 7) is 2.86. The van der Waals surface area contributed by atoms with E-state index in [0.717, 1.165) is 24.8 Å². The maximum atomic E-state index is 12.3. The van der Waals surface area contributed by atoms with Gasteiger partial charge in [-0.05, 0) is 31.9 Å². The monoisotopic (exact) mass is 297 g/mol. The van der Waals surface area contributed by atoms with Gasteiger partial charge in [0.25, 0.3) is 5.91 Å². The number of aryl methyl sites for hydroxylation is 1. The molecule has 0 spiro atoms. The van der Waals surface area contributed by atoms with Crippen LogP contribution in [-0.2, 0) is 10.0 Å². The molecule has 6 nitrogen and oxygen atoms in total. The van der Waals surface area contributed by atoms with Crippen molar-refractivity contribution in [3.05, 3.63) is 29.6 Å². The number of likely N-dealkylation sites (tertiary alicyclic amines) is 1. The Hall–Kier alpha value is -1.47. The van der Waals surface area contributed by atoms with Crippen LogP contribution in [-0.4, -0.2) is 49.6 Å². The van der Waals surface area contributed by atoms with E-state index in [0.29, 0.717) is 18.8 Å². The molecule has 1 aliphatic heterocycles. The Morgan fingerprint density at radius 2 is 2.20 bits per heavy atom. The van der Waals surface area contributed by atoms with Gasteiger partial charge in [0.15, 0.2) is 0 Å². The zero-order valence-corrected chi connectivity index (χ0v) is 12.5. The number of nitrogens with one attached hydrogen (secondary N) is 1. The molecule has 1 fully saturated rings. The number of amides is 1. The summed E-state index contributed by atoms with van der Waals surface area (Å²) < 4.78 is 25.1.